The van der Waals surface area contributed by atoms with E-state index in [9.17, 15) is 0 Å². The van der Waals surface area contributed by atoms with Gasteiger partial charge in [-0.15, -0.1) is 0 Å². The van der Waals surface area contributed by atoms with E-state index in [0.29, 0.717) is 0 Å². The van der Waals surface area contributed by atoms with Crippen molar-refractivity contribution in [1.29, 1.82) is 0 Å². The second kappa shape index (κ2) is 4.84. The van der Waals surface area contributed by atoms with E-state index in [-0.39, 0.29) is 5.54 Å². The summed E-state index contributed by atoms with van der Waals surface area (Å²) in [5, 5.41) is 2.50. The topological polar surface area (TPSA) is 3.24 Å². The SMILES string of the molecule is CN(C)C(C)(C)C#Cc1ccc2ccccc2c1. The maximum atomic E-state index is 3.32. The van der Waals surface area contributed by atoms with Gasteiger partial charge in [0.1, 0.15) is 0 Å². The Morgan fingerprint density at radius 1 is 0.944 bits per heavy atom. The molecule has 0 spiro atoms. The second-order valence-electron chi connectivity index (χ2n) is 5.27. The average molecular weight is 237 g/mol. The molecule has 0 atom stereocenters. The highest BCUT2D eigenvalue weighted by atomic mass is 15.1. The molecule has 0 saturated heterocycles. The number of hydrogen-bond donors (Lipinski definition) is 0. The molecule has 0 aromatic heterocycles. The van der Waals surface area contributed by atoms with Crippen LogP contribution < -0.4 is 0 Å². The number of benzene rings is 2. The molecule has 1 heteroatoms. The van der Waals surface area contributed by atoms with E-state index in [1.165, 1.54) is 10.8 Å². The lowest BCUT2D eigenvalue weighted by Crippen LogP contribution is -2.36. The highest BCUT2D eigenvalue weighted by Gasteiger charge is 2.16. The molecular formula is C17H19N. The van der Waals surface area contributed by atoms with Gasteiger partial charge in [0.15, 0.2) is 0 Å². The largest absolute Gasteiger partial charge is 0.294 e. The lowest BCUT2D eigenvalue weighted by molar-refractivity contribution is 0.263. The van der Waals surface area contributed by atoms with Crippen molar-refractivity contribution in [3.63, 3.8) is 0 Å². The van der Waals surface area contributed by atoms with Crippen molar-refractivity contribution in [2.45, 2.75) is 19.4 Å². The molecule has 0 bridgehead atoms. The van der Waals surface area contributed by atoms with Gasteiger partial charge in [-0.2, -0.15) is 0 Å². The lowest BCUT2D eigenvalue weighted by atomic mass is 10.0. The first-order valence-corrected chi connectivity index (χ1v) is 6.18. The van der Waals surface area contributed by atoms with Crippen molar-refractivity contribution in [2.24, 2.45) is 0 Å². The van der Waals surface area contributed by atoms with Gasteiger partial charge in [-0.25, -0.2) is 0 Å². The molecule has 2 aromatic carbocycles. The van der Waals surface area contributed by atoms with Crippen LogP contribution in [0.15, 0.2) is 42.5 Å². The van der Waals surface area contributed by atoms with Crippen LogP contribution in [0.25, 0.3) is 10.8 Å². The minimum absolute atomic E-state index is 0.106. The molecule has 0 heterocycles. The molecule has 0 amide bonds. The van der Waals surface area contributed by atoms with E-state index in [1.807, 2.05) is 0 Å². The summed E-state index contributed by atoms with van der Waals surface area (Å²) < 4.78 is 0. The third-order valence-corrected chi connectivity index (χ3v) is 3.38. The van der Waals surface area contributed by atoms with Gasteiger partial charge < -0.3 is 0 Å². The number of rotatable bonds is 1. The first-order chi connectivity index (χ1) is 8.49. The first kappa shape index (κ1) is 12.7. The van der Waals surface area contributed by atoms with Crippen molar-refractivity contribution < 1.29 is 0 Å². The number of fused-ring (bicyclic) bond motifs is 1. The molecule has 92 valence electrons. The number of nitrogens with zero attached hydrogens (tertiary/aromatic N) is 1. The first-order valence-electron chi connectivity index (χ1n) is 6.18. The summed E-state index contributed by atoms with van der Waals surface area (Å²) in [5.41, 5.74) is 0.967. The molecule has 2 rings (SSSR count). The maximum Gasteiger partial charge on any atom is 0.0767 e. The normalized spacial score (nSPS) is 11.4. The summed E-state index contributed by atoms with van der Waals surface area (Å²) in [7, 11) is 4.10. The standard InChI is InChI=1S/C17H19N/c1-17(2,18(3)4)12-11-14-9-10-15-7-5-6-8-16(15)13-14/h5-10,13H,1-4H3. The summed E-state index contributed by atoms with van der Waals surface area (Å²) in [6, 6.07) is 14.7. The minimum atomic E-state index is -0.106. The van der Waals surface area contributed by atoms with Crippen molar-refractivity contribution in [3.8, 4) is 11.8 Å². The fourth-order valence-electron chi connectivity index (χ4n) is 1.60. The quantitative estimate of drug-likeness (QED) is 0.686. The summed E-state index contributed by atoms with van der Waals surface area (Å²) in [5.74, 6) is 6.58. The maximum absolute atomic E-state index is 3.32. The van der Waals surface area contributed by atoms with Gasteiger partial charge in [-0.05, 0) is 50.8 Å². The molecule has 0 fully saturated rings. The third-order valence-electron chi connectivity index (χ3n) is 3.38. The zero-order chi connectivity index (χ0) is 13.2. The Bertz CT molecular complexity index is 612. The summed E-state index contributed by atoms with van der Waals surface area (Å²) in [6.45, 7) is 4.25. The van der Waals surface area contributed by atoms with Crippen molar-refractivity contribution >= 4 is 10.8 Å². The predicted molar refractivity (Wildman–Crippen MR) is 78.6 cm³/mol. The van der Waals surface area contributed by atoms with Crippen LogP contribution in [0, 0.1) is 11.8 Å². The van der Waals surface area contributed by atoms with E-state index >= 15 is 0 Å². The Hall–Kier alpha value is -1.78. The van der Waals surface area contributed by atoms with E-state index in [2.05, 4.69) is 87.1 Å². The van der Waals surface area contributed by atoms with Gasteiger partial charge in [-0.1, -0.05) is 42.2 Å². The Morgan fingerprint density at radius 3 is 2.28 bits per heavy atom. The minimum Gasteiger partial charge on any atom is -0.294 e. The highest BCUT2D eigenvalue weighted by Crippen LogP contribution is 2.15. The molecule has 18 heavy (non-hydrogen) atoms. The molecule has 0 N–H and O–H groups in total. The summed E-state index contributed by atoms with van der Waals surface area (Å²) >= 11 is 0. The van der Waals surface area contributed by atoms with Crippen LogP contribution in [0.5, 0.6) is 0 Å². The smallest absolute Gasteiger partial charge is 0.0767 e. The van der Waals surface area contributed by atoms with Gasteiger partial charge in [0.05, 0.1) is 5.54 Å². The predicted octanol–water partition coefficient (Wildman–Crippen LogP) is 3.53. The molecule has 0 aliphatic heterocycles. The third kappa shape index (κ3) is 2.72. The van der Waals surface area contributed by atoms with E-state index in [4.69, 9.17) is 0 Å². The second-order valence-corrected chi connectivity index (χ2v) is 5.27. The fraction of sp³-hybridized carbons (Fsp3) is 0.294. The van der Waals surface area contributed by atoms with Gasteiger partial charge in [0.2, 0.25) is 0 Å². The van der Waals surface area contributed by atoms with Crippen molar-refractivity contribution in [2.75, 3.05) is 14.1 Å². The van der Waals surface area contributed by atoms with E-state index in [0.717, 1.165) is 5.56 Å². The Labute approximate surface area is 109 Å². The van der Waals surface area contributed by atoms with Crippen molar-refractivity contribution in [1.82, 2.24) is 4.90 Å². The molecule has 0 radical (unpaired) electrons. The van der Waals surface area contributed by atoms with Crippen LogP contribution in [0.4, 0.5) is 0 Å². The van der Waals surface area contributed by atoms with Crippen LogP contribution in [0.1, 0.15) is 19.4 Å². The van der Waals surface area contributed by atoms with Crippen LogP contribution >= 0.6 is 0 Å². The summed E-state index contributed by atoms with van der Waals surface area (Å²) in [6.07, 6.45) is 0. The van der Waals surface area contributed by atoms with Crippen molar-refractivity contribution in [3.05, 3.63) is 48.0 Å². The Morgan fingerprint density at radius 2 is 1.61 bits per heavy atom. The highest BCUT2D eigenvalue weighted by molar-refractivity contribution is 5.83. The molecular weight excluding hydrogens is 218 g/mol. The van der Waals surface area contributed by atoms with Gasteiger partial charge >= 0.3 is 0 Å². The van der Waals surface area contributed by atoms with Gasteiger partial charge in [-0.3, -0.25) is 4.90 Å². The average Bonchev–Trinajstić information content (AvgIpc) is 2.36. The molecule has 0 unspecified atom stereocenters. The van der Waals surface area contributed by atoms with Crippen LogP contribution in [-0.4, -0.2) is 24.5 Å². The zero-order valence-corrected chi connectivity index (χ0v) is 11.5. The molecule has 0 aliphatic carbocycles. The van der Waals surface area contributed by atoms with Crippen LogP contribution in [-0.2, 0) is 0 Å². The van der Waals surface area contributed by atoms with E-state index < -0.39 is 0 Å². The van der Waals surface area contributed by atoms with E-state index in [1.54, 1.807) is 0 Å². The Balaban J connectivity index is 2.36. The van der Waals surface area contributed by atoms with Gasteiger partial charge in [0, 0.05) is 5.56 Å². The summed E-state index contributed by atoms with van der Waals surface area (Å²) in [4.78, 5) is 2.13. The molecule has 0 saturated carbocycles. The van der Waals surface area contributed by atoms with Gasteiger partial charge in [0.25, 0.3) is 0 Å². The lowest BCUT2D eigenvalue weighted by Gasteiger charge is -2.26. The molecule has 2 aromatic rings. The molecule has 0 aliphatic rings. The number of hydrogen-bond acceptors (Lipinski definition) is 1. The zero-order valence-electron chi connectivity index (χ0n) is 11.5. The molecule has 1 nitrogen and oxygen atoms in total. The Kier molecular flexibility index (Phi) is 3.41. The fourth-order valence-corrected chi connectivity index (χ4v) is 1.60. The van der Waals surface area contributed by atoms with Crippen LogP contribution in [0.2, 0.25) is 0 Å². The monoisotopic (exact) mass is 237 g/mol. The van der Waals surface area contributed by atoms with Crippen LogP contribution in [0.3, 0.4) is 0 Å².